The van der Waals surface area contributed by atoms with Gasteiger partial charge in [-0.1, -0.05) is 35.7 Å². The Balaban J connectivity index is 0.000000330. The zero-order valence-corrected chi connectivity index (χ0v) is 31.1. The molecule has 0 aromatic heterocycles. The second-order valence-electron chi connectivity index (χ2n) is 10.1. The summed E-state index contributed by atoms with van der Waals surface area (Å²) in [4.78, 5) is 44.7. The fourth-order valence-corrected chi connectivity index (χ4v) is 4.38. The SMILES string of the molecule is C=CC(=O)Cl.C=CC(=O)Oc1ccc(O)cc1.CI.COc1ccc(O)c2c1C(=O)CC2.O=C1CCc2c(O)ccc(O)c21.Oc1ccc(O)cc1. The van der Waals surface area contributed by atoms with Crippen LogP contribution in [0.15, 0.2) is 98.1 Å². The normalized spacial score (nSPS) is 11.2. The van der Waals surface area contributed by atoms with E-state index < -0.39 is 11.2 Å². The van der Waals surface area contributed by atoms with Crippen LogP contribution in [0.2, 0.25) is 0 Å². The van der Waals surface area contributed by atoms with Crippen molar-refractivity contribution in [3.8, 4) is 46.0 Å². The van der Waals surface area contributed by atoms with Crippen molar-refractivity contribution in [1.29, 1.82) is 0 Å². The third-order valence-corrected chi connectivity index (χ3v) is 6.88. The summed E-state index contributed by atoms with van der Waals surface area (Å²) in [5.41, 5.74) is 2.17. The number of aromatic hydroxyl groups is 6. The molecule has 0 saturated carbocycles. The van der Waals surface area contributed by atoms with Crippen molar-refractivity contribution in [3.05, 3.63) is 120 Å². The lowest BCUT2D eigenvalue weighted by molar-refractivity contribution is -0.129. The summed E-state index contributed by atoms with van der Waals surface area (Å²) in [6.45, 7) is 6.33. The summed E-state index contributed by atoms with van der Waals surface area (Å²) in [5.74, 6) is 1.16. The number of hydrogen-bond donors (Lipinski definition) is 6. The van der Waals surface area contributed by atoms with Crippen LogP contribution in [0.4, 0.5) is 0 Å². The van der Waals surface area contributed by atoms with Crippen LogP contribution in [0.3, 0.4) is 0 Å². The molecule has 0 aliphatic heterocycles. The van der Waals surface area contributed by atoms with E-state index in [4.69, 9.17) is 36.4 Å². The number of benzene rings is 4. The van der Waals surface area contributed by atoms with Crippen molar-refractivity contribution < 1.29 is 59.3 Å². The molecule has 14 heteroatoms. The van der Waals surface area contributed by atoms with Gasteiger partial charge in [-0.05, 0) is 108 Å². The van der Waals surface area contributed by atoms with Crippen molar-refractivity contribution in [1.82, 2.24) is 0 Å². The number of halogens is 2. The van der Waals surface area contributed by atoms with Gasteiger partial charge in [0.1, 0.15) is 46.0 Å². The quantitative estimate of drug-likeness (QED) is 0.0227. The number of alkyl halides is 1. The Kier molecular flexibility index (Phi) is 19.7. The molecule has 2 aliphatic carbocycles. The van der Waals surface area contributed by atoms with E-state index in [2.05, 4.69) is 35.7 Å². The molecule has 276 valence electrons. The van der Waals surface area contributed by atoms with Crippen molar-refractivity contribution in [2.75, 3.05) is 12.0 Å². The molecule has 4 aromatic rings. The highest BCUT2D eigenvalue weighted by Crippen LogP contribution is 2.37. The highest BCUT2D eigenvalue weighted by molar-refractivity contribution is 14.1. The molecule has 12 nitrogen and oxygen atoms in total. The van der Waals surface area contributed by atoms with Gasteiger partial charge in [0.15, 0.2) is 11.6 Å². The summed E-state index contributed by atoms with van der Waals surface area (Å²) in [7, 11) is 1.53. The van der Waals surface area contributed by atoms with Crippen LogP contribution in [0, 0.1) is 0 Å². The van der Waals surface area contributed by atoms with Gasteiger partial charge in [-0.2, -0.15) is 0 Å². The van der Waals surface area contributed by atoms with E-state index in [0.717, 1.165) is 17.7 Å². The first-order chi connectivity index (χ1) is 24.7. The smallest absolute Gasteiger partial charge is 0.335 e. The van der Waals surface area contributed by atoms with E-state index in [1.54, 1.807) is 12.1 Å². The molecule has 0 unspecified atom stereocenters. The third kappa shape index (κ3) is 14.4. The topological polar surface area (TPSA) is 208 Å². The van der Waals surface area contributed by atoms with E-state index in [1.807, 2.05) is 4.93 Å². The minimum atomic E-state index is -0.513. The Bertz CT molecular complexity index is 1820. The molecular formula is C38H38ClIO12. The summed E-state index contributed by atoms with van der Waals surface area (Å²) in [6.07, 6.45) is 4.14. The molecule has 0 saturated heterocycles. The van der Waals surface area contributed by atoms with Gasteiger partial charge in [0, 0.05) is 30.0 Å². The van der Waals surface area contributed by atoms with Gasteiger partial charge >= 0.3 is 5.97 Å². The maximum Gasteiger partial charge on any atom is 0.335 e. The fourth-order valence-electron chi connectivity index (χ4n) is 4.38. The second-order valence-corrected chi connectivity index (χ2v) is 10.5. The molecule has 0 radical (unpaired) electrons. The van der Waals surface area contributed by atoms with Gasteiger partial charge in [0.2, 0.25) is 5.24 Å². The summed E-state index contributed by atoms with van der Waals surface area (Å²) < 4.78 is 9.80. The lowest BCUT2D eigenvalue weighted by atomic mass is 10.1. The van der Waals surface area contributed by atoms with Crippen LogP contribution in [-0.4, -0.2) is 65.5 Å². The van der Waals surface area contributed by atoms with Gasteiger partial charge in [0.25, 0.3) is 0 Å². The predicted octanol–water partition coefficient (Wildman–Crippen LogP) is 7.33. The summed E-state index contributed by atoms with van der Waals surface area (Å²) in [6, 6.07) is 17.5. The maximum absolute atomic E-state index is 11.4. The Morgan fingerprint density at radius 3 is 1.42 bits per heavy atom. The molecule has 2 aliphatic rings. The van der Waals surface area contributed by atoms with Crippen LogP contribution in [0.1, 0.15) is 44.7 Å². The zero-order chi connectivity index (χ0) is 39.4. The third-order valence-electron chi connectivity index (χ3n) is 6.73. The number of carbonyl (C=O) groups is 4. The number of hydrogen-bond acceptors (Lipinski definition) is 12. The molecule has 6 N–H and O–H groups in total. The highest BCUT2D eigenvalue weighted by atomic mass is 127. The number of phenols is 6. The number of methoxy groups -OCH3 is 1. The Morgan fingerprint density at radius 2 is 1.02 bits per heavy atom. The van der Waals surface area contributed by atoms with Crippen molar-refractivity contribution in [2.45, 2.75) is 25.7 Å². The lowest BCUT2D eigenvalue weighted by Gasteiger charge is -2.06. The average molecular weight is 849 g/mol. The maximum atomic E-state index is 11.4. The Morgan fingerprint density at radius 1 is 0.635 bits per heavy atom. The number of phenolic OH excluding ortho intramolecular Hbond substituents is 6. The number of esters is 1. The molecular weight excluding hydrogens is 811 g/mol. The molecule has 0 spiro atoms. The van der Waals surface area contributed by atoms with Crippen molar-refractivity contribution >= 4 is 57.0 Å². The highest BCUT2D eigenvalue weighted by Gasteiger charge is 2.26. The Hall–Kier alpha value is -5.54. The first-order valence-electron chi connectivity index (χ1n) is 15.0. The van der Waals surface area contributed by atoms with Crippen LogP contribution in [-0.2, 0) is 22.4 Å². The average Bonchev–Trinajstić information content (AvgIpc) is 3.75. The van der Waals surface area contributed by atoms with Gasteiger partial charge in [-0.25, -0.2) is 4.79 Å². The minimum absolute atomic E-state index is 0.0229. The number of ether oxygens (including phenoxy) is 2. The molecule has 6 rings (SSSR count). The Labute approximate surface area is 319 Å². The van der Waals surface area contributed by atoms with Gasteiger partial charge in [-0.15, -0.1) is 0 Å². The van der Waals surface area contributed by atoms with Crippen LogP contribution in [0.5, 0.6) is 46.0 Å². The monoisotopic (exact) mass is 848 g/mol. The summed E-state index contributed by atoms with van der Waals surface area (Å²) in [5, 5.41) is 53.7. The van der Waals surface area contributed by atoms with Gasteiger partial charge in [0.05, 0.1) is 18.2 Å². The molecule has 0 atom stereocenters. The second kappa shape index (κ2) is 23.0. The molecule has 0 amide bonds. The van der Waals surface area contributed by atoms with E-state index in [-0.39, 0.29) is 46.1 Å². The van der Waals surface area contributed by atoms with Crippen LogP contribution >= 0.6 is 34.2 Å². The van der Waals surface area contributed by atoms with E-state index in [0.29, 0.717) is 53.9 Å². The molecule has 52 heavy (non-hydrogen) atoms. The minimum Gasteiger partial charge on any atom is -0.508 e. The van der Waals surface area contributed by atoms with Crippen LogP contribution in [0.25, 0.3) is 0 Å². The molecule has 0 heterocycles. The first kappa shape index (κ1) is 44.5. The predicted molar refractivity (Wildman–Crippen MR) is 204 cm³/mol. The molecule has 0 fully saturated rings. The van der Waals surface area contributed by atoms with Crippen molar-refractivity contribution in [2.24, 2.45) is 0 Å². The van der Waals surface area contributed by atoms with E-state index in [1.165, 1.54) is 67.8 Å². The number of ketones is 2. The van der Waals surface area contributed by atoms with Gasteiger partial charge < -0.3 is 40.1 Å². The van der Waals surface area contributed by atoms with Crippen molar-refractivity contribution in [3.63, 3.8) is 0 Å². The first-order valence-corrected chi connectivity index (χ1v) is 17.6. The van der Waals surface area contributed by atoms with E-state index in [9.17, 15) is 34.5 Å². The number of Topliss-reactive ketones (excluding diaryl/α,β-unsaturated/α-hetero) is 2. The molecule has 4 aromatic carbocycles. The van der Waals surface area contributed by atoms with Crippen LogP contribution < -0.4 is 9.47 Å². The fraction of sp³-hybridized carbons (Fsp3) is 0.158. The zero-order valence-electron chi connectivity index (χ0n) is 28.2. The van der Waals surface area contributed by atoms with Gasteiger partial charge in [-0.3, -0.25) is 14.4 Å². The largest absolute Gasteiger partial charge is 0.508 e. The number of carbonyl (C=O) groups excluding carboxylic acids is 4. The molecule has 0 bridgehead atoms. The van der Waals surface area contributed by atoms with E-state index >= 15 is 0 Å². The number of fused-ring (bicyclic) bond motifs is 2. The number of allylic oxidation sites excluding steroid dienone is 1. The summed E-state index contributed by atoms with van der Waals surface area (Å²) >= 11 is 6.86. The standard InChI is InChI=1S/C10H10O3.2C9H8O3.C6H6O2.C3H3ClO.CH3I/c1-13-9-5-4-7(11)6-2-3-8(12)10(6)9;10-6-3-4-8(12)9-5(6)1-2-7(9)11;1-2-9(11)12-8-5-3-7(10)4-6-8;7-5-1-2-6(8)4-3-5;1-2-3(4)5;1-2/h4-5,11H,2-3H2,1H3;3-4,10,12H,1-2H2;2-6,10H,1H2;1-4,7-8H;2H,1H2;1H3. The number of rotatable bonds is 4. The lowest BCUT2D eigenvalue weighted by Crippen LogP contribution is -2.02.